The second kappa shape index (κ2) is 8.21. The number of anilines is 1. The fourth-order valence-electron chi connectivity index (χ4n) is 2.82. The number of aryl methyl sites for hydroxylation is 1. The molecule has 1 aliphatic heterocycles. The zero-order valence-corrected chi connectivity index (χ0v) is 15.1. The van der Waals surface area contributed by atoms with Crippen LogP contribution in [0.25, 0.3) is 0 Å². The molecule has 0 unspecified atom stereocenters. The zero-order valence-electron chi connectivity index (χ0n) is 14.3. The van der Waals surface area contributed by atoms with Gasteiger partial charge in [-0.05, 0) is 43.2 Å². The van der Waals surface area contributed by atoms with Gasteiger partial charge in [0, 0.05) is 30.1 Å². The first kappa shape index (κ1) is 17.5. The Morgan fingerprint density at radius 3 is 2.72 bits per heavy atom. The van der Waals surface area contributed by atoms with Crippen molar-refractivity contribution in [2.24, 2.45) is 0 Å². The SMILES string of the molecule is Cc1ccc(SCC(=O)Nc2cccc(CN3CCCC3=O)c2)cc1. The first-order chi connectivity index (χ1) is 12.1. The van der Waals surface area contributed by atoms with E-state index in [-0.39, 0.29) is 11.8 Å². The van der Waals surface area contributed by atoms with Gasteiger partial charge in [-0.3, -0.25) is 9.59 Å². The van der Waals surface area contributed by atoms with Crippen molar-refractivity contribution in [1.29, 1.82) is 0 Å². The van der Waals surface area contributed by atoms with Gasteiger partial charge < -0.3 is 10.2 Å². The molecule has 0 bridgehead atoms. The van der Waals surface area contributed by atoms with E-state index in [9.17, 15) is 9.59 Å². The molecule has 25 heavy (non-hydrogen) atoms. The Kier molecular flexibility index (Phi) is 5.76. The smallest absolute Gasteiger partial charge is 0.234 e. The lowest BCUT2D eigenvalue weighted by molar-refractivity contribution is -0.128. The second-order valence-corrected chi connectivity index (χ2v) is 7.32. The van der Waals surface area contributed by atoms with Crippen LogP contribution in [0.1, 0.15) is 24.0 Å². The van der Waals surface area contributed by atoms with Crippen LogP contribution in [0.3, 0.4) is 0 Å². The molecule has 0 radical (unpaired) electrons. The van der Waals surface area contributed by atoms with Crippen LogP contribution in [0.4, 0.5) is 5.69 Å². The number of nitrogens with zero attached hydrogens (tertiary/aromatic N) is 1. The monoisotopic (exact) mass is 354 g/mol. The molecule has 1 saturated heterocycles. The molecule has 1 aliphatic rings. The van der Waals surface area contributed by atoms with Crippen molar-refractivity contribution in [3.8, 4) is 0 Å². The maximum absolute atomic E-state index is 12.2. The lowest BCUT2D eigenvalue weighted by atomic mass is 10.2. The molecular formula is C20H22N2O2S. The summed E-state index contributed by atoms with van der Waals surface area (Å²) >= 11 is 1.52. The molecule has 4 nitrogen and oxygen atoms in total. The van der Waals surface area contributed by atoms with E-state index in [1.165, 1.54) is 17.3 Å². The van der Waals surface area contributed by atoms with Crippen molar-refractivity contribution >= 4 is 29.3 Å². The summed E-state index contributed by atoms with van der Waals surface area (Å²) in [6.45, 7) is 3.48. The standard InChI is InChI=1S/C20H22N2O2S/c1-15-7-9-18(10-8-15)25-14-19(23)21-17-5-2-4-16(12-17)13-22-11-3-6-20(22)24/h2,4-5,7-10,12H,3,6,11,13-14H2,1H3,(H,21,23). The molecule has 3 rings (SSSR count). The number of hydrogen-bond acceptors (Lipinski definition) is 3. The Labute approximate surface area is 152 Å². The first-order valence-corrected chi connectivity index (χ1v) is 9.45. The lowest BCUT2D eigenvalue weighted by Gasteiger charge is -2.16. The van der Waals surface area contributed by atoms with Crippen LogP contribution in [0.15, 0.2) is 53.4 Å². The number of rotatable bonds is 6. The second-order valence-electron chi connectivity index (χ2n) is 6.27. The third-order valence-electron chi connectivity index (χ3n) is 4.15. The summed E-state index contributed by atoms with van der Waals surface area (Å²) in [6.07, 6.45) is 1.58. The quantitative estimate of drug-likeness (QED) is 0.802. The van der Waals surface area contributed by atoms with E-state index in [0.29, 0.717) is 18.7 Å². The molecule has 5 heteroatoms. The number of nitrogens with one attached hydrogen (secondary N) is 1. The molecule has 130 valence electrons. The molecule has 1 heterocycles. The maximum atomic E-state index is 12.2. The predicted molar refractivity (Wildman–Crippen MR) is 102 cm³/mol. The first-order valence-electron chi connectivity index (χ1n) is 8.46. The van der Waals surface area contributed by atoms with Crippen LogP contribution < -0.4 is 5.32 Å². The van der Waals surface area contributed by atoms with E-state index in [4.69, 9.17) is 0 Å². The minimum Gasteiger partial charge on any atom is -0.338 e. The Balaban J connectivity index is 1.53. The van der Waals surface area contributed by atoms with Gasteiger partial charge in [0.05, 0.1) is 5.75 Å². The predicted octanol–water partition coefficient (Wildman–Crippen LogP) is 3.85. The van der Waals surface area contributed by atoms with E-state index in [1.807, 2.05) is 60.4 Å². The van der Waals surface area contributed by atoms with E-state index in [2.05, 4.69) is 5.32 Å². The lowest BCUT2D eigenvalue weighted by Crippen LogP contribution is -2.23. The fourth-order valence-corrected chi connectivity index (χ4v) is 3.52. The van der Waals surface area contributed by atoms with Gasteiger partial charge in [-0.2, -0.15) is 0 Å². The molecule has 1 fully saturated rings. The van der Waals surface area contributed by atoms with Crippen LogP contribution in [-0.2, 0) is 16.1 Å². The van der Waals surface area contributed by atoms with Gasteiger partial charge in [0.15, 0.2) is 0 Å². The average molecular weight is 354 g/mol. The van der Waals surface area contributed by atoms with E-state index >= 15 is 0 Å². The Bertz CT molecular complexity index is 759. The van der Waals surface area contributed by atoms with Crippen LogP contribution in [0.5, 0.6) is 0 Å². The highest BCUT2D eigenvalue weighted by molar-refractivity contribution is 8.00. The number of benzene rings is 2. The Hall–Kier alpha value is -2.27. The molecule has 0 aliphatic carbocycles. The number of carbonyl (C=O) groups is 2. The van der Waals surface area contributed by atoms with Crippen molar-refractivity contribution < 1.29 is 9.59 Å². The zero-order chi connectivity index (χ0) is 17.6. The maximum Gasteiger partial charge on any atom is 0.234 e. The van der Waals surface area contributed by atoms with Gasteiger partial charge in [-0.1, -0.05) is 29.8 Å². The van der Waals surface area contributed by atoms with Gasteiger partial charge in [0.25, 0.3) is 0 Å². The highest BCUT2D eigenvalue weighted by Crippen LogP contribution is 2.20. The van der Waals surface area contributed by atoms with Crippen molar-refractivity contribution in [2.75, 3.05) is 17.6 Å². The summed E-state index contributed by atoms with van der Waals surface area (Å²) in [6, 6.07) is 15.9. The number of thioether (sulfide) groups is 1. The van der Waals surface area contributed by atoms with Crippen molar-refractivity contribution in [1.82, 2.24) is 4.90 Å². The number of amides is 2. The summed E-state index contributed by atoms with van der Waals surface area (Å²) < 4.78 is 0. The summed E-state index contributed by atoms with van der Waals surface area (Å²) in [5, 5.41) is 2.94. The summed E-state index contributed by atoms with van der Waals surface area (Å²) in [4.78, 5) is 26.9. The molecule has 0 atom stereocenters. The number of likely N-dealkylation sites (tertiary alicyclic amines) is 1. The highest BCUT2D eigenvalue weighted by Gasteiger charge is 2.20. The van der Waals surface area contributed by atoms with Crippen molar-refractivity contribution in [2.45, 2.75) is 31.2 Å². The van der Waals surface area contributed by atoms with Crippen LogP contribution in [-0.4, -0.2) is 29.0 Å². The summed E-state index contributed by atoms with van der Waals surface area (Å²) in [5.41, 5.74) is 3.03. The molecule has 2 aromatic carbocycles. The minimum atomic E-state index is -0.0278. The average Bonchev–Trinajstić information content (AvgIpc) is 2.99. The minimum absolute atomic E-state index is 0.0278. The van der Waals surface area contributed by atoms with Gasteiger partial charge in [0.2, 0.25) is 11.8 Å². The van der Waals surface area contributed by atoms with Crippen molar-refractivity contribution in [3.63, 3.8) is 0 Å². The normalized spacial score (nSPS) is 14.0. The number of carbonyl (C=O) groups excluding carboxylic acids is 2. The van der Waals surface area contributed by atoms with Crippen LogP contribution >= 0.6 is 11.8 Å². The van der Waals surface area contributed by atoms with Gasteiger partial charge in [-0.15, -0.1) is 11.8 Å². The topological polar surface area (TPSA) is 49.4 Å². The van der Waals surface area contributed by atoms with E-state index < -0.39 is 0 Å². The van der Waals surface area contributed by atoms with Gasteiger partial charge in [-0.25, -0.2) is 0 Å². The molecule has 2 aromatic rings. The third kappa shape index (κ3) is 5.10. The molecular weight excluding hydrogens is 332 g/mol. The van der Waals surface area contributed by atoms with Crippen molar-refractivity contribution in [3.05, 3.63) is 59.7 Å². The van der Waals surface area contributed by atoms with Gasteiger partial charge >= 0.3 is 0 Å². The fraction of sp³-hybridized carbons (Fsp3) is 0.300. The molecule has 0 saturated carbocycles. The van der Waals surface area contributed by atoms with Crippen LogP contribution in [0, 0.1) is 6.92 Å². The third-order valence-corrected chi connectivity index (χ3v) is 5.16. The Morgan fingerprint density at radius 1 is 1.20 bits per heavy atom. The summed E-state index contributed by atoms with van der Waals surface area (Å²) in [5.74, 6) is 0.557. The van der Waals surface area contributed by atoms with E-state index in [1.54, 1.807) is 0 Å². The molecule has 0 aromatic heterocycles. The Morgan fingerprint density at radius 2 is 2.00 bits per heavy atom. The summed E-state index contributed by atoms with van der Waals surface area (Å²) in [7, 11) is 0. The van der Waals surface area contributed by atoms with Gasteiger partial charge in [0.1, 0.15) is 0 Å². The highest BCUT2D eigenvalue weighted by atomic mass is 32.2. The molecule has 2 amide bonds. The van der Waals surface area contributed by atoms with E-state index in [0.717, 1.165) is 29.1 Å². The van der Waals surface area contributed by atoms with Crippen LogP contribution in [0.2, 0.25) is 0 Å². The molecule has 1 N–H and O–H groups in total. The number of hydrogen-bond donors (Lipinski definition) is 1. The largest absolute Gasteiger partial charge is 0.338 e. The molecule has 0 spiro atoms.